The van der Waals surface area contributed by atoms with Crippen LogP contribution in [-0.2, 0) is 21.7 Å². The van der Waals surface area contributed by atoms with Crippen molar-refractivity contribution < 1.29 is 0 Å². The van der Waals surface area contributed by atoms with Crippen molar-refractivity contribution in [3.05, 3.63) is 252 Å². The third-order valence-electron chi connectivity index (χ3n) is 15.8. The van der Waals surface area contributed by atoms with Crippen molar-refractivity contribution in [3.63, 3.8) is 0 Å². The number of hydrogen-bond donors (Lipinski definition) is 0. The number of fused-ring (bicyclic) bond motifs is 4. The van der Waals surface area contributed by atoms with Gasteiger partial charge in [-0.1, -0.05) is 215 Å². The van der Waals surface area contributed by atoms with Crippen LogP contribution in [0.25, 0.3) is 0 Å². The molecule has 356 valence electrons. The van der Waals surface area contributed by atoms with E-state index >= 15 is 0 Å². The van der Waals surface area contributed by atoms with E-state index in [0.717, 1.165) is 28.4 Å². The molecule has 2 aliphatic heterocycles. The van der Waals surface area contributed by atoms with Gasteiger partial charge in [-0.25, -0.2) is 0 Å². The van der Waals surface area contributed by atoms with Crippen LogP contribution in [0.4, 0.5) is 51.2 Å². The van der Waals surface area contributed by atoms with Crippen molar-refractivity contribution in [2.75, 3.05) is 14.7 Å². The van der Waals surface area contributed by atoms with E-state index in [9.17, 15) is 0 Å². The van der Waals surface area contributed by atoms with E-state index in [-0.39, 0.29) is 28.4 Å². The lowest BCUT2D eigenvalue weighted by molar-refractivity contribution is 0.590. The molecule has 0 saturated heterocycles. The molecule has 0 aliphatic carbocycles. The van der Waals surface area contributed by atoms with Gasteiger partial charge in [0.15, 0.2) is 0 Å². The van der Waals surface area contributed by atoms with Crippen molar-refractivity contribution in [2.24, 2.45) is 0 Å². The smallest absolute Gasteiger partial charge is 0.252 e. The van der Waals surface area contributed by atoms with Crippen LogP contribution in [0, 0.1) is 0 Å². The van der Waals surface area contributed by atoms with Crippen LogP contribution >= 0.6 is 0 Å². The van der Waals surface area contributed by atoms with Crippen molar-refractivity contribution in [3.8, 4) is 0 Å². The number of nitrogens with zero attached hydrogens (tertiary/aromatic N) is 3. The molecule has 0 bridgehead atoms. The molecule has 0 fully saturated rings. The van der Waals surface area contributed by atoms with Crippen LogP contribution in [0.2, 0.25) is 0 Å². The fourth-order valence-corrected chi connectivity index (χ4v) is 11.3. The monoisotopic (exact) mass is 936 g/mol. The average molecular weight is 936 g/mol. The summed E-state index contributed by atoms with van der Waals surface area (Å²) in [4.78, 5) is 7.56. The zero-order valence-electron chi connectivity index (χ0n) is 43.7. The summed E-state index contributed by atoms with van der Waals surface area (Å²) in [5, 5.41) is 0. The number of rotatable bonds is 9. The maximum Gasteiger partial charge on any atom is 0.252 e. The van der Waals surface area contributed by atoms with Gasteiger partial charge in [-0.3, -0.25) is 0 Å². The van der Waals surface area contributed by atoms with Gasteiger partial charge < -0.3 is 14.7 Å². The molecule has 9 aromatic carbocycles. The summed E-state index contributed by atoms with van der Waals surface area (Å²) < 4.78 is 0. The highest BCUT2D eigenvalue weighted by atomic mass is 15.2. The quantitative estimate of drug-likeness (QED) is 0.134. The molecule has 0 amide bonds. The SMILES string of the molecule is CC(C)(C)c1ccc(N2c3ccc(C(C)(C)C)cc3B3c4cc(C(C)(C)c5ccccc5)ccc4N(c4ccc(C(C)(C)c5ccccc5)cc4)c4cc(N(c5ccccc5)c5ccccc5)cc2c43)cc1. The van der Waals surface area contributed by atoms with Gasteiger partial charge in [0.05, 0.1) is 5.69 Å². The molecular weight excluding hydrogens is 870 g/mol. The standard InChI is InChI=1S/C68H66BN3/c1-65(2,3)47-31-37-55(38-32-47)71-60-41-35-51(66(4,5)6)43-58(60)69-59-44-52(68(9,10)49-25-17-12-18-26-49)36-42-61(59)72(56-39-33-50(34-40-56)67(7,8)48-23-15-11-16-24-48)63-46-57(45-62(71)64(63)69)70(53-27-19-13-20-28-53)54-29-21-14-22-30-54/h11-46H,1-10H3. The first kappa shape index (κ1) is 46.8. The molecule has 4 heteroatoms. The Hall–Kier alpha value is -7.56. The van der Waals surface area contributed by atoms with Gasteiger partial charge in [0.25, 0.3) is 6.71 Å². The summed E-state index contributed by atoms with van der Waals surface area (Å²) in [5.41, 5.74) is 21.5. The van der Waals surface area contributed by atoms with E-state index in [1.165, 1.54) is 72.5 Å². The molecule has 0 N–H and O–H groups in total. The van der Waals surface area contributed by atoms with E-state index in [1.807, 2.05) is 0 Å². The number of benzene rings is 9. The molecule has 9 aromatic rings. The molecule has 3 nitrogen and oxygen atoms in total. The Balaban J connectivity index is 1.24. The van der Waals surface area contributed by atoms with Gasteiger partial charge in [-0.05, 0) is 133 Å². The summed E-state index contributed by atoms with van der Waals surface area (Å²) in [5.74, 6) is 0. The number of hydrogen-bond acceptors (Lipinski definition) is 3. The van der Waals surface area contributed by atoms with Gasteiger partial charge in [-0.15, -0.1) is 0 Å². The lowest BCUT2D eigenvalue weighted by Gasteiger charge is -2.46. The molecule has 0 saturated carbocycles. The topological polar surface area (TPSA) is 9.72 Å². The van der Waals surface area contributed by atoms with Gasteiger partial charge in [0.1, 0.15) is 0 Å². The molecule has 2 heterocycles. The largest absolute Gasteiger partial charge is 0.311 e. The van der Waals surface area contributed by atoms with Gasteiger partial charge in [-0.2, -0.15) is 0 Å². The summed E-state index contributed by atoms with van der Waals surface area (Å²) in [6.07, 6.45) is 0. The molecule has 0 spiro atoms. The van der Waals surface area contributed by atoms with Crippen molar-refractivity contribution in [2.45, 2.75) is 90.9 Å². The van der Waals surface area contributed by atoms with Crippen LogP contribution in [0.1, 0.15) is 103 Å². The highest BCUT2D eigenvalue weighted by molar-refractivity contribution is 7.00. The second-order valence-electron chi connectivity index (χ2n) is 23.1. The second-order valence-corrected chi connectivity index (χ2v) is 23.1. The summed E-state index contributed by atoms with van der Waals surface area (Å²) in [6, 6.07) is 82.0. The fourth-order valence-electron chi connectivity index (χ4n) is 11.3. The minimum absolute atomic E-state index is 0.0112. The molecule has 0 aromatic heterocycles. The lowest BCUT2D eigenvalue weighted by atomic mass is 9.33. The zero-order chi connectivity index (χ0) is 50.2. The Morgan fingerprint density at radius 3 is 1.08 bits per heavy atom. The third-order valence-corrected chi connectivity index (χ3v) is 15.8. The van der Waals surface area contributed by atoms with Crippen LogP contribution < -0.4 is 31.1 Å². The summed E-state index contributed by atoms with van der Waals surface area (Å²) in [7, 11) is 0. The minimum Gasteiger partial charge on any atom is -0.311 e. The van der Waals surface area contributed by atoms with E-state index in [4.69, 9.17) is 0 Å². The third kappa shape index (κ3) is 8.12. The first-order chi connectivity index (χ1) is 34.5. The predicted molar refractivity (Wildman–Crippen MR) is 310 cm³/mol. The van der Waals surface area contributed by atoms with E-state index < -0.39 is 0 Å². The molecular formula is C68H66BN3. The van der Waals surface area contributed by atoms with E-state index in [2.05, 4.69) is 302 Å². The maximum absolute atomic E-state index is 2.57. The highest BCUT2D eigenvalue weighted by Crippen LogP contribution is 2.49. The van der Waals surface area contributed by atoms with Crippen molar-refractivity contribution in [1.82, 2.24) is 0 Å². The molecule has 2 aliphatic rings. The average Bonchev–Trinajstić information content (AvgIpc) is 3.39. The first-order valence-electron chi connectivity index (χ1n) is 25.8. The van der Waals surface area contributed by atoms with Crippen molar-refractivity contribution >= 4 is 74.3 Å². The van der Waals surface area contributed by atoms with Crippen LogP contribution in [0.15, 0.2) is 218 Å². The Bertz CT molecular complexity index is 3360. The highest BCUT2D eigenvalue weighted by Gasteiger charge is 2.45. The molecule has 72 heavy (non-hydrogen) atoms. The maximum atomic E-state index is 2.57. The van der Waals surface area contributed by atoms with Crippen LogP contribution in [0.3, 0.4) is 0 Å². The predicted octanol–water partition coefficient (Wildman–Crippen LogP) is 16.5. The van der Waals surface area contributed by atoms with Gasteiger partial charge >= 0.3 is 0 Å². The minimum atomic E-state index is -0.254. The van der Waals surface area contributed by atoms with Crippen LogP contribution in [-0.4, -0.2) is 6.71 Å². The van der Waals surface area contributed by atoms with Gasteiger partial charge in [0, 0.05) is 56.3 Å². The fraction of sp³-hybridized carbons (Fsp3) is 0.206. The zero-order valence-corrected chi connectivity index (χ0v) is 43.7. The molecule has 11 rings (SSSR count). The van der Waals surface area contributed by atoms with Crippen molar-refractivity contribution in [1.29, 1.82) is 0 Å². The normalized spacial score (nSPS) is 13.3. The van der Waals surface area contributed by atoms with Gasteiger partial charge in [0.2, 0.25) is 0 Å². The summed E-state index contributed by atoms with van der Waals surface area (Å²) >= 11 is 0. The summed E-state index contributed by atoms with van der Waals surface area (Å²) in [6.45, 7) is 23.3. The number of anilines is 9. The Morgan fingerprint density at radius 2 is 0.653 bits per heavy atom. The second kappa shape index (κ2) is 17.6. The Labute approximate surface area is 429 Å². The van der Waals surface area contributed by atoms with Crippen LogP contribution in [0.5, 0.6) is 0 Å². The van der Waals surface area contributed by atoms with E-state index in [0.29, 0.717) is 0 Å². The Kier molecular flexibility index (Phi) is 11.5. The Morgan fingerprint density at radius 1 is 0.306 bits per heavy atom. The first-order valence-corrected chi connectivity index (χ1v) is 25.8. The van der Waals surface area contributed by atoms with E-state index in [1.54, 1.807) is 0 Å². The number of para-hydroxylation sites is 2. The molecule has 0 radical (unpaired) electrons. The molecule has 0 unspecified atom stereocenters. The molecule has 0 atom stereocenters. The lowest BCUT2D eigenvalue weighted by Crippen LogP contribution is -2.61.